The third-order valence-electron chi connectivity index (χ3n) is 5.75. The molecule has 2 aromatic rings. The molecule has 2 aromatic carbocycles. The number of ether oxygens (including phenoxy) is 1. The molecule has 0 unspecified atom stereocenters. The van der Waals surface area contributed by atoms with Crippen molar-refractivity contribution in [1.29, 1.82) is 0 Å². The van der Waals surface area contributed by atoms with E-state index in [0.717, 1.165) is 29.7 Å². The molecule has 136 valence electrons. The Morgan fingerprint density at radius 3 is 2.35 bits per heavy atom. The molecule has 4 rings (SSSR count). The summed E-state index contributed by atoms with van der Waals surface area (Å²) in [6.07, 6.45) is 1.63. The van der Waals surface area contributed by atoms with Crippen molar-refractivity contribution in [2.75, 3.05) is 20.2 Å². The first-order chi connectivity index (χ1) is 12.5. The third-order valence-corrected chi connectivity index (χ3v) is 5.75. The van der Waals surface area contributed by atoms with Gasteiger partial charge in [-0.25, -0.2) is 4.39 Å². The predicted octanol–water partition coefficient (Wildman–Crippen LogP) is 2.82. The van der Waals surface area contributed by atoms with Crippen LogP contribution in [0.5, 0.6) is 5.75 Å². The van der Waals surface area contributed by atoms with Gasteiger partial charge in [0.1, 0.15) is 11.6 Å². The maximum Gasteiger partial charge on any atom is 0.233 e. The fourth-order valence-corrected chi connectivity index (χ4v) is 4.02. The van der Waals surface area contributed by atoms with Crippen LogP contribution < -0.4 is 10.5 Å². The van der Waals surface area contributed by atoms with Crippen molar-refractivity contribution < 1.29 is 13.9 Å². The molecule has 2 aliphatic rings. The van der Waals surface area contributed by atoms with Gasteiger partial charge in [-0.1, -0.05) is 24.3 Å². The number of benzene rings is 2. The van der Waals surface area contributed by atoms with Crippen molar-refractivity contribution in [1.82, 2.24) is 4.90 Å². The molecule has 1 saturated carbocycles. The summed E-state index contributed by atoms with van der Waals surface area (Å²) < 4.78 is 18.4. The molecule has 0 radical (unpaired) electrons. The van der Waals surface area contributed by atoms with Crippen molar-refractivity contribution in [2.45, 2.75) is 30.2 Å². The smallest absolute Gasteiger partial charge is 0.233 e. The van der Waals surface area contributed by atoms with E-state index in [1.54, 1.807) is 19.2 Å². The summed E-state index contributed by atoms with van der Waals surface area (Å²) in [6.45, 7) is 1.17. The summed E-state index contributed by atoms with van der Waals surface area (Å²) in [6, 6.07) is 14.1. The first-order valence-electron chi connectivity index (χ1n) is 8.98. The van der Waals surface area contributed by atoms with Gasteiger partial charge in [-0.15, -0.1) is 0 Å². The number of methoxy groups -OCH3 is 1. The van der Waals surface area contributed by atoms with Crippen LogP contribution >= 0.6 is 0 Å². The third kappa shape index (κ3) is 2.86. The fourth-order valence-electron chi connectivity index (χ4n) is 4.02. The molecular weight excluding hydrogens is 331 g/mol. The Balaban J connectivity index is 1.52. The summed E-state index contributed by atoms with van der Waals surface area (Å²) in [7, 11) is 1.64. The van der Waals surface area contributed by atoms with Crippen LogP contribution in [0.1, 0.15) is 29.9 Å². The summed E-state index contributed by atoms with van der Waals surface area (Å²) in [5.41, 5.74) is 7.91. The molecule has 2 atom stereocenters. The second-order valence-electron chi connectivity index (χ2n) is 7.34. The number of nitrogens with zero attached hydrogens (tertiary/aromatic N) is 1. The molecule has 1 aliphatic heterocycles. The topological polar surface area (TPSA) is 55.6 Å². The highest BCUT2D eigenvalue weighted by Gasteiger charge is 2.54. The summed E-state index contributed by atoms with van der Waals surface area (Å²) >= 11 is 0. The van der Waals surface area contributed by atoms with Crippen LogP contribution in [0.15, 0.2) is 48.5 Å². The molecule has 26 heavy (non-hydrogen) atoms. The van der Waals surface area contributed by atoms with E-state index >= 15 is 0 Å². The Morgan fingerprint density at radius 2 is 1.77 bits per heavy atom. The molecule has 1 saturated heterocycles. The summed E-state index contributed by atoms with van der Waals surface area (Å²) in [4.78, 5) is 15.1. The van der Waals surface area contributed by atoms with E-state index in [1.165, 1.54) is 12.1 Å². The van der Waals surface area contributed by atoms with E-state index in [0.29, 0.717) is 13.1 Å². The number of hydrogen-bond acceptors (Lipinski definition) is 3. The van der Waals surface area contributed by atoms with Gasteiger partial charge in [0.2, 0.25) is 5.91 Å². The van der Waals surface area contributed by atoms with Crippen molar-refractivity contribution >= 4 is 5.91 Å². The Hall–Kier alpha value is -2.40. The van der Waals surface area contributed by atoms with Crippen molar-refractivity contribution in [2.24, 2.45) is 5.73 Å². The second kappa shape index (κ2) is 6.40. The van der Waals surface area contributed by atoms with Gasteiger partial charge in [-0.2, -0.15) is 0 Å². The zero-order valence-electron chi connectivity index (χ0n) is 14.8. The predicted molar refractivity (Wildman–Crippen MR) is 97.6 cm³/mol. The molecule has 1 aliphatic carbocycles. The van der Waals surface area contributed by atoms with Gasteiger partial charge in [-0.05, 0) is 48.2 Å². The zero-order chi connectivity index (χ0) is 18.3. The number of rotatable bonds is 4. The van der Waals surface area contributed by atoms with E-state index in [2.05, 4.69) is 0 Å². The highest BCUT2D eigenvalue weighted by atomic mass is 19.1. The average molecular weight is 354 g/mol. The molecule has 2 fully saturated rings. The van der Waals surface area contributed by atoms with E-state index in [9.17, 15) is 9.18 Å². The fraction of sp³-hybridized carbons (Fsp3) is 0.381. The van der Waals surface area contributed by atoms with E-state index in [1.807, 2.05) is 29.2 Å². The highest BCUT2D eigenvalue weighted by molar-refractivity contribution is 5.91. The van der Waals surface area contributed by atoms with Crippen LogP contribution in [0.2, 0.25) is 0 Å². The van der Waals surface area contributed by atoms with Gasteiger partial charge in [0.05, 0.1) is 12.5 Å². The zero-order valence-corrected chi connectivity index (χ0v) is 14.8. The van der Waals surface area contributed by atoms with E-state index in [-0.39, 0.29) is 23.7 Å². The van der Waals surface area contributed by atoms with Crippen molar-refractivity contribution in [3.8, 4) is 5.75 Å². The van der Waals surface area contributed by atoms with Crippen LogP contribution in [-0.4, -0.2) is 37.0 Å². The minimum absolute atomic E-state index is 0.0867. The quantitative estimate of drug-likeness (QED) is 0.919. The maximum atomic E-state index is 13.2. The van der Waals surface area contributed by atoms with Gasteiger partial charge in [0.15, 0.2) is 0 Å². The van der Waals surface area contributed by atoms with Crippen molar-refractivity contribution in [3.05, 3.63) is 65.5 Å². The number of amides is 1. The Kier molecular flexibility index (Phi) is 4.19. The van der Waals surface area contributed by atoms with Gasteiger partial charge in [0.25, 0.3) is 0 Å². The Bertz CT molecular complexity index is 800. The molecule has 0 spiro atoms. The molecule has 0 aromatic heterocycles. The average Bonchev–Trinajstić information content (AvgIpc) is 3.38. The van der Waals surface area contributed by atoms with Crippen LogP contribution in [0.25, 0.3) is 0 Å². The maximum absolute atomic E-state index is 13.2. The lowest BCUT2D eigenvalue weighted by molar-refractivity contribution is -0.133. The van der Waals surface area contributed by atoms with Gasteiger partial charge in [0, 0.05) is 25.0 Å². The number of halogens is 1. The number of nitrogens with two attached hydrogens (primary N) is 1. The first-order valence-corrected chi connectivity index (χ1v) is 8.98. The van der Waals surface area contributed by atoms with Gasteiger partial charge in [-0.3, -0.25) is 4.79 Å². The minimum atomic E-state index is -0.484. The number of hydrogen-bond donors (Lipinski definition) is 1. The lowest BCUT2D eigenvalue weighted by Crippen LogP contribution is -2.39. The summed E-state index contributed by atoms with van der Waals surface area (Å²) in [5.74, 6) is 0.769. The number of likely N-dealkylation sites (tertiary alicyclic amines) is 1. The summed E-state index contributed by atoms with van der Waals surface area (Å²) in [5, 5.41) is 0. The van der Waals surface area contributed by atoms with E-state index < -0.39 is 5.41 Å². The molecule has 1 heterocycles. The molecular formula is C21H23FN2O2. The van der Waals surface area contributed by atoms with Crippen LogP contribution in [-0.2, 0) is 10.2 Å². The largest absolute Gasteiger partial charge is 0.497 e. The van der Waals surface area contributed by atoms with Gasteiger partial charge >= 0.3 is 0 Å². The molecule has 0 bridgehead atoms. The lowest BCUT2D eigenvalue weighted by atomic mass is 9.94. The Labute approximate surface area is 152 Å². The lowest BCUT2D eigenvalue weighted by Gasteiger charge is -2.23. The van der Waals surface area contributed by atoms with Gasteiger partial charge < -0.3 is 15.4 Å². The monoisotopic (exact) mass is 354 g/mol. The highest BCUT2D eigenvalue weighted by Crippen LogP contribution is 2.50. The number of carbonyl (C=O) groups excluding carboxylic acids is 1. The molecule has 5 heteroatoms. The van der Waals surface area contributed by atoms with Crippen LogP contribution in [0, 0.1) is 5.82 Å². The van der Waals surface area contributed by atoms with Crippen LogP contribution in [0.3, 0.4) is 0 Å². The standard InChI is InChI=1S/C21H23FN2O2/c1-26-17-8-2-14(3-9-17)18-12-24(13-19(18)23)20(25)21(10-11-21)15-4-6-16(22)7-5-15/h2-9,18-19H,10-13,23H2,1H3/t18-,19+/m0/s1. The van der Waals surface area contributed by atoms with Crippen molar-refractivity contribution in [3.63, 3.8) is 0 Å². The SMILES string of the molecule is COc1ccc([C@@H]2CN(C(=O)C3(c4ccc(F)cc4)CC3)C[C@H]2N)cc1. The minimum Gasteiger partial charge on any atom is -0.497 e. The number of carbonyl (C=O) groups is 1. The first kappa shape index (κ1) is 17.0. The normalized spacial score (nSPS) is 23.7. The Morgan fingerprint density at radius 1 is 1.12 bits per heavy atom. The molecule has 1 amide bonds. The van der Waals surface area contributed by atoms with Crippen LogP contribution in [0.4, 0.5) is 4.39 Å². The molecule has 4 nitrogen and oxygen atoms in total. The van der Waals surface area contributed by atoms with E-state index in [4.69, 9.17) is 10.5 Å². The second-order valence-corrected chi connectivity index (χ2v) is 7.34. The molecule has 2 N–H and O–H groups in total.